The van der Waals surface area contributed by atoms with Crippen molar-refractivity contribution in [1.29, 1.82) is 0 Å². The molecule has 0 spiro atoms. The number of aryl methyl sites for hydroxylation is 2. The zero-order valence-corrected chi connectivity index (χ0v) is 13.4. The molecule has 6 heteroatoms. The predicted molar refractivity (Wildman–Crippen MR) is 85.0 cm³/mol. The van der Waals surface area contributed by atoms with Crippen LogP contribution in [0.3, 0.4) is 0 Å². The Labute approximate surface area is 130 Å². The van der Waals surface area contributed by atoms with Gasteiger partial charge < -0.3 is 10.1 Å². The van der Waals surface area contributed by atoms with Gasteiger partial charge >= 0.3 is 0 Å². The van der Waals surface area contributed by atoms with Crippen LogP contribution in [0.4, 0.5) is 5.69 Å². The number of pyridine rings is 1. The molecule has 0 aliphatic carbocycles. The van der Waals surface area contributed by atoms with Crippen LogP contribution in [0.15, 0.2) is 18.3 Å². The maximum Gasteiger partial charge on any atom is 0.213 e. The predicted octanol–water partition coefficient (Wildman–Crippen LogP) is 3.52. The van der Waals surface area contributed by atoms with E-state index in [2.05, 4.69) is 29.2 Å². The van der Waals surface area contributed by atoms with Crippen LogP contribution >= 0.6 is 11.6 Å². The van der Waals surface area contributed by atoms with Crippen molar-refractivity contribution < 1.29 is 4.74 Å². The average Bonchev–Trinajstić information content (AvgIpc) is 2.82. The fourth-order valence-corrected chi connectivity index (χ4v) is 2.43. The summed E-state index contributed by atoms with van der Waals surface area (Å²) in [5, 5.41) is 8.58. The largest absolute Gasteiger partial charge is 0.478 e. The maximum atomic E-state index is 6.38. The van der Waals surface area contributed by atoms with E-state index < -0.39 is 0 Å². The molecular formula is C15H21ClN4O. The van der Waals surface area contributed by atoms with Gasteiger partial charge in [-0.3, -0.25) is 4.68 Å². The minimum absolute atomic E-state index is 0.616. The Morgan fingerprint density at radius 2 is 2.10 bits per heavy atom. The minimum Gasteiger partial charge on any atom is -0.478 e. The third-order valence-corrected chi connectivity index (χ3v) is 3.62. The molecule has 21 heavy (non-hydrogen) atoms. The lowest BCUT2D eigenvalue weighted by Crippen LogP contribution is -2.08. The van der Waals surface area contributed by atoms with E-state index in [0.717, 1.165) is 35.1 Å². The Balaban J connectivity index is 2.07. The average molecular weight is 309 g/mol. The first-order chi connectivity index (χ1) is 10.2. The molecule has 0 aromatic carbocycles. The standard InChI is InChI=1S/C15H21ClN4O/c1-4-12-15(16)13(20(5-2)19-12)10-17-11-7-8-14(18-9-11)21-6-3/h7-9,17H,4-6,10H2,1-3H3. The highest BCUT2D eigenvalue weighted by Gasteiger charge is 2.13. The SMILES string of the molecule is CCOc1ccc(NCc2c(Cl)c(CC)nn2CC)cn1. The van der Waals surface area contributed by atoms with Gasteiger partial charge in [-0.05, 0) is 26.3 Å². The molecule has 0 bridgehead atoms. The summed E-state index contributed by atoms with van der Waals surface area (Å²) in [4.78, 5) is 4.23. The Hall–Kier alpha value is -1.75. The lowest BCUT2D eigenvalue weighted by molar-refractivity contribution is 0.327. The van der Waals surface area contributed by atoms with Gasteiger partial charge in [0.15, 0.2) is 0 Å². The van der Waals surface area contributed by atoms with Crippen LogP contribution in [0.2, 0.25) is 5.02 Å². The molecule has 0 atom stereocenters. The van der Waals surface area contributed by atoms with Gasteiger partial charge in [0.1, 0.15) is 0 Å². The van der Waals surface area contributed by atoms with Gasteiger partial charge in [-0.25, -0.2) is 4.98 Å². The first-order valence-corrected chi connectivity index (χ1v) is 7.64. The number of ether oxygens (including phenoxy) is 1. The summed E-state index contributed by atoms with van der Waals surface area (Å²) in [7, 11) is 0. The summed E-state index contributed by atoms with van der Waals surface area (Å²) >= 11 is 6.38. The number of nitrogens with zero attached hydrogens (tertiary/aromatic N) is 3. The molecule has 2 rings (SSSR count). The number of rotatable bonds is 7. The zero-order valence-electron chi connectivity index (χ0n) is 12.7. The number of anilines is 1. The van der Waals surface area contributed by atoms with E-state index in [1.54, 1.807) is 6.20 Å². The highest BCUT2D eigenvalue weighted by atomic mass is 35.5. The van der Waals surface area contributed by atoms with E-state index in [9.17, 15) is 0 Å². The van der Waals surface area contributed by atoms with E-state index in [0.29, 0.717) is 19.0 Å². The summed E-state index contributed by atoms with van der Waals surface area (Å²) in [5.74, 6) is 0.632. The number of nitrogens with one attached hydrogen (secondary N) is 1. The van der Waals surface area contributed by atoms with Crippen molar-refractivity contribution in [3.05, 3.63) is 34.7 Å². The third-order valence-electron chi connectivity index (χ3n) is 3.18. The molecule has 0 radical (unpaired) electrons. The smallest absolute Gasteiger partial charge is 0.213 e. The lowest BCUT2D eigenvalue weighted by Gasteiger charge is -2.09. The van der Waals surface area contributed by atoms with E-state index in [4.69, 9.17) is 16.3 Å². The second-order valence-electron chi connectivity index (χ2n) is 4.55. The number of aromatic nitrogens is 3. The van der Waals surface area contributed by atoms with Crippen molar-refractivity contribution in [1.82, 2.24) is 14.8 Å². The molecule has 0 saturated heterocycles. The Morgan fingerprint density at radius 3 is 2.67 bits per heavy atom. The van der Waals surface area contributed by atoms with E-state index in [-0.39, 0.29) is 0 Å². The summed E-state index contributed by atoms with van der Waals surface area (Å²) in [6, 6.07) is 3.79. The Kier molecular flexibility index (Phi) is 5.44. The quantitative estimate of drug-likeness (QED) is 0.850. The van der Waals surface area contributed by atoms with Crippen LogP contribution in [0.25, 0.3) is 0 Å². The molecule has 0 aliphatic heterocycles. The topological polar surface area (TPSA) is 52.0 Å². The second-order valence-corrected chi connectivity index (χ2v) is 4.93. The molecule has 0 saturated carbocycles. The molecule has 5 nitrogen and oxygen atoms in total. The first-order valence-electron chi connectivity index (χ1n) is 7.26. The lowest BCUT2D eigenvalue weighted by atomic mass is 10.3. The highest BCUT2D eigenvalue weighted by Crippen LogP contribution is 2.23. The molecule has 0 aliphatic rings. The van der Waals surface area contributed by atoms with Gasteiger partial charge in [0.05, 0.1) is 41.4 Å². The van der Waals surface area contributed by atoms with Gasteiger partial charge in [-0.1, -0.05) is 18.5 Å². The summed E-state index contributed by atoms with van der Waals surface area (Å²) < 4.78 is 7.26. The van der Waals surface area contributed by atoms with Crippen LogP contribution in [0.1, 0.15) is 32.2 Å². The number of hydrogen-bond acceptors (Lipinski definition) is 4. The van der Waals surface area contributed by atoms with Crippen LogP contribution in [0, 0.1) is 0 Å². The van der Waals surface area contributed by atoms with Gasteiger partial charge in [-0.2, -0.15) is 5.10 Å². The van der Waals surface area contributed by atoms with Gasteiger partial charge in [0.25, 0.3) is 0 Å². The first kappa shape index (κ1) is 15.6. The molecular weight excluding hydrogens is 288 g/mol. The van der Waals surface area contributed by atoms with Gasteiger partial charge in [0, 0.05) is 12.6 Å². The monoisotopic (exact) mass is 308 g/mol. The normalized spacial score (nSPS) is 10.7. The fourth-order valence-electron chi connectivity index (χ4n) is 2.09. The van der Waals surface area contributed by atoms with Crippen molar-refractivity contribution in [2.75, 3.05) is 11.9 Å². The van der Waals surface area contributed by atoms with Gasteiger partial charge in [-0.15, -0.1) is 0 Å². The van der Waals surface area contributed by atoms with Crippen LogP contribution in [-0.4, -0.2) is 21.4 Å². The van der Waals surface area contributed by atoms with Gasteiger partial charge in [0.2, 0.25) is 5.88 Å². The molecule has 2 heterocycles. The fraction of sp³-hybridized carbons (Fsp3) is 0.467. The molecule has 2 aromatic heterocycles. The third kappa shape index (κ3) is 3.67. The zero-order chi connectivity index (χ0) is 15.2. The Morgan fingerprint density at radius 1 is 1.29 bits per heavy atom. The molecule has 0 fully saturated rings. The van der Waals surface area contributed by atoms with E-state index >= 15 is 0 Å². The Bertz CT molecular complexity index is 580. The number of hydrogen-bond donors (Lipinski definition) is 1. The summed E-state index contributed by atoms with van der Waals surface area (Å²) in [6.45, 7) is 8.10. The van der Waals surface area contributed by atoms with Crippen LogP contribution in [0.5, 0.6) is 5.88 Å². The molecule has 114 valence electrons. The molecule has 0 unspecified atom stereocenters. The summed E-state index contributed by atoms with van der Waals surface area (Å²) in [5.41, 5.74) is 2.88. The van der Waals surface area contributed by atoms with Crippen LogP contribution in [-0.2, 0) is 19.5 Å². The maximum absolute atomic E-state index is 6.38. The molecule has 0 amide bonds. The second kappa shape index (κ2) is 7.31. The highest BCUT2D eigenvalue weighted by molar-refractivity contribution is 6.31. The van der Waals surface area contributed by atoms with Crippen molar-refractivity contribution in [2.45, 2.75) is 40.3 Å². The van der Waals surface area contributed by atoms with Crippen LogP contribution < -0.4 is 10.1 Å². The van der Waals surface area contributed by atoms with E-state index in [1.165, 1.54) is 0 Å². The molecule has 1 N–H and O–H groups in total. The van der Waals surface area contributed by atoms with Crippen molar-refractivity contribution >= 4 is 17.3 Å². The minimum atomic E-state index is 0.616. The summed E-state index contributed by atoms with van der Waals surface area (Å²) in [6.07, 6.45) is 2.59. The number of halogens is 1. The van der Waals surface area contributed by atoms with Crippen molar-refractivity contribution in [3.8, 4) is 5.88 Å². The van der Waals surface area contributed by atoms with Crippen molar-refractivity contribution in [3.63, 3.8) is 0 Å². The van der Waals surface area contributed by atoms with Crippen molar-refractivity contribution in [2.24, 2.45) is 0 Å². The molecule has 2 aromatic rings. The van der Waals surface area contributed by atoms with E-state index in [1.807, 2.05) is 23.7 Å².